The summed E-state index contributed by atoms with van der Waals surface area (Å²) in [4.78, 5) is 0.129. The second-order valence-corrected chi connectivity index (χ2v) is 6.44. The van der Waals surface area contributed by atoms with Gasteiger partial charge in [-0.05, 0) is 37.0 Å². The summed E-state index contributed by atoms with van der Waals surface area (Å²) >= 11 is 0. The fourth-order valence-corrected chi connectivity index (χ4v) is 3.46. The SMILES string of the molecule is COCCCNS(=O)(=O)c1cc(N)cc2c1OCCC2. The molecule has 0 saturated carbocycles. The molecule has 0 unspecified atom stereocenters. The highest BCUT2D eigenvalue weighted by atomic mass is 32.2. The molecule has 0 amide bonds. The van der Waals surface area contributed by atoms with Crippen molar-refractivity contribution >= 4 is 15.7 Å². The number of fused-ring (bicyclic) bond motifs is 1. The van der Waals surface area contributed by atoms with Gasteiger partial charge in [-0.3, -0.25) is 0 Å². The fourth-order valence-electron chi connectivity index (χ4n) is 2.17. The number of methoxy groups -OCH3 is 1. The largest absolute Gasteiger partial charge is 0.492 e. The zero-order chi connectivity index (χ0) is 14.6. The first-order valence-corrected chi connectivity index (χ1v) is 8.06. The molecule has 6 nitrogen and oxygen atoms in total. The summed E-state index contributed by atoms with van der Waals surface area (Å²) in [5, 5.41) is 0. The van der Waals surface area contributed by atoms with Gasteiger partial charge >= 0.3 is 0 Å². The van der Waals surface area contributed by atoms with E-state index >= 15 is 0 Å². The molecular weight excluding hydrogens is 280 g/mol. The average molecular weight is 300 g/mol. The van der Waals surface area contributed by atoms with Crippen LogP contribution >= 0.6 is 0 Å². The topological polar surface area (TPSA) is 90.7 Å². The normalized spacial score (nSPS) is 14.7. The molecule has 0 saturated heterocycles. The molecule has 1 aliphatic rings. The number of benzene rings is 1. The lowest BCUT2D eigenvalue weighted by Crippen LogP contribution is -2.27. The molecule has 1 heterocycles. The lowest BCUT2D eigenvalue weighted by atomic mass is 10.1. The number of hydrogen-bond acceptors (Lipinski definition) is 5. The highest BCUT2D eigenvalue weighted by Gasteiger charge is 2.24. The number of anilines is 1. The van der Waals surface area contributed by atoms with E-state index in [4.69, 9.17) is 15.2 Å². The van der Waals surface area contributed by atoms with E-state index in [1.54, 1.807) is 13.2 Å². The first-order chi connectivity index (χ1) is 9.54. The van der Waals surface area contributed by atoms with Gasteiger partial charge in [0.1, 0.15) is 10.6 Å². The maximum atomic E-state index is 12.3. The van der Waals surface area contributed by atoms with Crippen LogP contribution in [0.25, 0.3) is 0 Å². The summed E-state index contributed by atoms with van der Waals surface area (Å²) in [6.45, 7) is 1.36. The Kier molecular flexibility index (Phi) is 4.85. The van der Waals surface area contributed by atoms with Gasteiger partial charge in [-0.15, -0.1) is 0 Å². The van der Waals surface area contributed by atoms with Crippen molar-refractivity contribution in [2.75, 3.05) is 32.6 Å². The molecule has 0 spiro atoms. The summed E-state index contributed by atoms with van der Waals surface area (Å²) in [6.07, 6.45) is 2.27. The van der Waals surface area contributed by atoms with Gasteiger partial charge in [0, 0.05) is 25.9 Å². The highest BCUT2D eigenvalue weighted by Crippen LogP contribution is 2.34. The van der Waals surface area contributed by atoms with E-state index in [-0.39, 0.29) is 4.90 Å². The van der Waals surface area contributed by atoms with Gasteiger partial charge in [0.15, 0.2) is 0 Å². The van der Waals surface area contributed by atoms with Crippen LogP contribution < -0.4 is 15.2 Å². The summed E-state index contributed by atoms with van der Waals surface area (Å²) in [5.74, 6) is 0.435. The summed E-state index contributed by atoms with van der Waals surface area (Å²) in [5.41, 5.74) is 7.08. The van der Waals surface area contributed by atoms with Crippen LogP contribution in [0, 0.1) is 0 Å². The molecule has 112 valence electrons. The van der Waals surface area contributed by atoms with Crippen LogP contribution in [-0.2, 0) is 21.2 Å². The lowest BCUT2D eigenvalue weighted by Gasteiger charge is -2.21. The van der Waals surface area contributed by atoms with Crippen LogP contribution in [0.15, 0.2) is 17.0 Å². The highest BCUT2D eigenvalue weighted by molar-refractivity contribution is 7.89. The molecule has 0 aromatic heterocycles. The van der Waals surface area contributed by atoms with Gasteiger partial charge < -0.3 is 15.2 Å². The Balaban J connectivity index is 2.24. The van der Waals surface area contributed by atoms with Crippen LogP contribution in [0.5, 0.6) is 5.75 Å². The molecular formula is C13H20N2O4S. The van der Waals surface area contributed by atoms with E-state index in [2.05, 4.69) is 4.72 Å². The summed E-state index contributed by atoms with van der Waals surface area (Å²) < 4.78 is 37.6. The van der Waals surface area contributed by atoms with Gasteiger partial charge in [0.2, 0.25) is 10.0 Å². The number of nitrogen functional groups attached to an aromatic ring is 1. The molecule has 2 rings (SSSR count). The van der Waals surface area contributed by atoms with Crippen molar-refractivity contribution in [3.63, 3.8) is 0 Å². The number of ether oxygens (including phenoxy) is 2. The zero-order valence-corrected chi connectivity index (χ0v) is 12.3. The van der Waals surface area contributed by atoms with Crippen LogP contribution in [0.3, 0.4) is 0 Å². The van der Waals surface area contributed by atoms with Crippen molar-refractivity contribution in [3.8, 4) is 5.75 Å². The van der Waals surface area contributed by atoms with E-state index in [1.807, 2.05) is 0 Å². The number of hydrogen-bond donors (Lipinski definition) is 2. The lowest BCUT2D eigenvalue weighted by molar-refractivity contribution is 0.196. The van der Waals surface area contributed by atoms with Crippen molar-refractivity contribution < 1.29 is 17.9 Å². The minimum atomic E-state index is -3.62. The third-order valence-corrected chi connectivity index (χ3v) is 4.56. The van der Waals surface area contributed by atoms with E-state index in [0.717, 1.165) is 18.4 Å². The zero-order valence-electron chi connectivity index (χ0n) is 11.5. The van der Waals surface area contributed by atoms with E-state index < -0.39 is 10.0 Å². The maximum absolute atomic E-state index is 12.3. The minimum absolute atomic E-state index is 0.129. The summed E-state index contributed by atoms with van der Waals surface area (Å²) in [6, 6.07) is 3.22. The third kappa shape index (κ3) is 3.41. The van der Waals surface area contributed by atoms with Gasteiger partial charge in [-0.1, -0.05) is 0 Å². The molecule has 0 bridgehead atoms. The van der Waals surface area contributed by atoms with Crippen molar-refractivity contribution in [1.29, 1.82) is 0 Å². The number of aryl methyl sites for hydroxylation is 1. The summed E-state index contributed by atoms with van der Waals surface area (Å²) in [7, 11) is -2.04. The second kappa shape index (κ2) is 6.43. The van der Waals surface area contributed by atoms with E-state index in [9.17, 15) is 8.42 Å². The monoisotopic (exact) mass is 300 g/mol. The number of rotatable bonds is 6. The molecule has 1 aliphatic heterocycles. The molecule has 3 N–H and O–H groups in total. The number of nitrogens with one attached hydrogen (secondary N) is 1. The fraction of sp³-hybridized carbons (Fsp3) is 0.538. The van der Waals surface area contributed by atoms with Crippen LogP contribution in [0.4, 0.5) is 5.69 Å². The maximum Gasteiger partial charge on any atom is 0.244 e. The molecule has 7 heteroatoms. The van der Waals surface area contributed by atoms with Crippen molar-refractivity contribution in [3.05, 3.63) is 17.7 Å². The first-order valence-electron chi connectivity index (χ1n) is 6.58. The molecule has 1 aromatic carbocycles. The average Bonchev–Trinajstić information content (AvgIpc) is 2.42. The molecule has 0 radical (unpaired) electrons. The van der Waals surface area contributed by atoms with E-state index in [0.29, 0.717) is 37.6 Å². The van der Waals surface area contributed by atoms with Crippen LogP contribution in [0.2, 0.25) is 0 Å². The molecule has 20 heavy (non-hydrogen) atoms. The standard InChI is InChI=1S/C13H20N2O4S/c1-18-6-3-5-15-20(16,17)12-9-11(14)8-10-4-2-7-19-13(10)12/h8-9,15H,2-7,14H2,1H3. The van der Waals surface area contributed by atoms with Crippen LogP contribution in [-0.4, -0.2) is 35.3 Å². The minimum Gasteiger partial charge on any atom is -0.492 e. The Hall–Kier alpha value is -1.31. The molecule has 0 atom stereocenters. The Bertz CT molecular complexity index is 572. The smallest absolute Gasteiger partial charge is 0.244 e. The Morgan fingerprint density at radius 3 is 3.00 bits per heavy atom. The Labute approximate surface area is 119 Å². The Morgan fingerprint density at radius 2 is 2.25 bits per heavy atom. The number of nitrogens with two attached hydrogens (primary N) is 1. The molecule has 0 aliphatic carbocycles. The number of sulfonamides is 1. The molecule has 1 aromatic rings. The van der Waals surface area contributed by atoms with Gasteiger partial charge in [0.05, 0.1) is 6.61 Å². The quantitative estimate of drug-likeness (QED) is 0.602. The van der Waals surface area contributed by atoms with Gasteiger partial charge in [0.25, 0.3) is 0 Å². The van der Waals surface area contributed by atoms with Crippen molar-refractivity contribution in [1.82, 2.24) is 4.72 Å². The predicted molar refractivity (Wildman–Crippen MR) is 76.4 cm³/mol. The third-order valence-electron chi connectivity index (χ3n) is 3.10. The second-order valence-electron chi connectivity index (χ2n) is 4.70. The predicted octanol–water partition coefficient (Wildman–Crippen LogP) is 0.909. The van der Waals surface area contributed by atoms with Gasteiger partial charge in [-0.25, -0.2) is 13.1 Å². The van der Waals surface area contributed by atoms with Crippen molar-refractivity contribution in [2.45, 2.75) is 24.2 Å². The molecule has 0 fully saturated rings. The van der Waals surface area contributed by atoms with Crippen LogP contribution in [0.1, 0.15) is 18.4 Å². The van der Waals surface area contributed by atoms with Crippen molar-refractivity contribution in [2.24, 2.45) is 0 Å². The van der Waals surface area contributed by atoms with Gasteiger partial charge in [-0.2, -0.15) is 0 Å². The first kappa shape index (κ1) is 15.1. The van der Waals surface area contributed by atoms with E-state index in [1.165, 1.54) is 6.07 Å². The Morgan fingerprint density at radius 1 is 1.45 bits per heavy atom.